The van der Waals surface area contributed by atoms with Crippen LogP contribution in [0.25, 0.3) is 0 Å². The van der Waals surface area contributed by atoms with Crippen molar-refractivity contribution in [3.05, 3.63) is 71.8 Å². The van der Waals surface area contributed by atoms with Gasteiger partial charge in [0, 0.05) is 0 Å². The lowest BCUT2D eigenvalue weighted by Crippen LogP contribution is -2.53. The third-order valence-corrected chi connectivity index (χ3v) is 11.7. The van der Waals surface area contributed by atoms with E-state index in [0.29, 0.717) is 24.0 Å². The number of rotatable bonds is 28. The molecule has 0 saturated heterocycles. The molecule has 0 bridgehead atoms. The molecule has 2 rings (SSSR count). The van der Waals surface area contributed by atoms with E-state index in [0.717, 1.165) is 38.5 Å². The van der Waals surface area contributed by atoms with E-state index in [1.165, 1.54) is 51.4 Å². The van der Waals surface area contributed by atoms with Crippen molar-refractivity contribution in [1.29, 1.82) is 0 Å². The number of aliphatic hydroxyl groups excluding tert-OH is 6. The van der Waals surface area contributed by atoms with Crippen molar-refractivity contribution < 1.29 is 64.7 Å². The molecule has 0 saturated carbocycles. The summed E-state index contributed by atoms with van der Waals surface area (Å²) < 4.78 is 3.60. The zero-order valence-electron chi connectivity index (χ0n) is 33.0. The first-order chi connectivity index (χ1) is 26.3. The van der Waals surface area contributed by atoms with Crippen molar-refractivity contribution in [2.75, 3.05) is 39.6 Å². The van der Waals surface area contributed by atoms with Crippen molar-refractivity contribution in [1.82, 2.24) is 0 Å². The molecule has 0 heterocycles. The maximum Gasteiger partial charge on any atom is 0.334 e. The molecule has 2 unspecified atom stereocenters. The predicted octanol–water partition coefficient (Wildman–Crippen LogP) is 5.38. The van der Waals surface area contributed by atoms with Crippen LogP contribution in [0.1, 0.15) is 128 Å². The van der Waals surface area contributed by atoms with Gasteiger partial charge < -0.3 is 60.4 Å². The highest BCUT2D eigenvalue weighted by Crippen LogP contribution is 2.45. The Bertz CT molecular complexity index is 1050. The second kappa shape index (κ2) is 30.8. The molecular weight excluding hydrogens is 750 g/mol. The Balaban J connectivity index is 0.000000904. The molecule has 12 N–H and O–H groups in total. The summed E-state index contributed by atoms with van der Waals surface area (Å²) in [5.41, 5.74) is -4.33. The number of hydrogen-bond acceptors (Lipinski definition) is 13. The fraction of sp³-hybridized carbons (Fsp3) is 0.700. The van der Waals surface area contributed by atoms with E-state index in [1.807, 2.05) is 36.4 Å². The van der Waals surface area contributed by atoms with Gasteiger partial charge in [0.25, 0.3) is 0 Å². The first-order valence-electron chi connectivity index (χ1n) is 19.6. The molecule has 13 nitrogen and oxygen atoms in total. The normalized spacial score (nSPS) is 14.1. The number of aliphatic hydroxyl groups is 8. The third-order valence-electron chi connectivity index (χ3n) is 10.5. The van der Waals surface area contributed by atoms with Crippen LogP contribution in [0, 0.1) is 10.8 Å². The summed E-state index contributed by atoms with van der Waals surface area (Å²) in [6.45, 7) is 1.56. The average Bonchev–Trinajstić information content (AvgIpc) is 3.19. The Morgan fingerprint density at radius 3 is 0.891 bits per heavy atom. The summed E-state index contributed by atoms with van der Waals surface area (Å²) in [4.78, 5) is 31.3. The van der Waals surface area contributed by atoms with Crippen LogP contribution >= 0.6 is 17.2 Å². The molecule has 2 atom stereocenters. The minimum absolute atomic E-state index is 0.409. The summed E-state index contributed by atoms with van der Waals surface area (Å²) in [6, 6.07) is 18.2. The van der Waals surface area contributed by atoms with Gasteiger partial charge in [-0.05, 0) is 24.0 Å². The minimum atomic E-state index is -2.61. The van der Waals surface area contributed by atoms with Gasteiger partial charge in [0.1, 0.15) is 11.2 Å². The van der Waals surface area contributed by atoms with Crippen molar-refractivity contribution >= 4 is 17.2 Å². The van der Waals surface area contributed by atoms with Crippen molar-refractivity contribution in [3.63, 3.8) is 0 Å². The highest BCUT2D eigenvalue weighted by atomic mass is 31.2. The zero-order valence-corrected chi connectivity index (χ0v) is 34.8. The Morgan fingerprint density at radius 2 is 0.673 bits per heavy atom. The first-order valence-corrected chi connectivity index (χ1v) is 21.9. The standard InChI is InChI=1S/2C20H34O4.H4O5P2/c2*1-2-3-4-5-6-7-11-14-20(24,18-12-9-8-10-13-18)19(15-21,16-22)17-23;1-6(2)5-7(3)4/h2*8-10,12-13,21-24H,2-7,11,14-17H2,1H3;1-4H. The van der Waals surface area contributed by atoms with Gasteiger partial charge in [-0.1, -0.05) is 164 Å². The smallest absolute Gasteiger partial charge is 0.334 e. The first kappa shape index (κ1) is 53.8. The molecule has 2 aromatic carbocycles. The Kier molecular flexibility index (Phi) is 30.1. The Hall–Kier alpha value is -1.22. The van der Waals surface area contributed by atoms with E-state index in [-0.39, 0.29) is 0 Å². The molecule has 2 aromatic rings. The summed E-state index contributed by atoms with van der Waals surface area (Å²) in [6.07, 6.45) is 16.5. The molecule has 0 spiro atoms. The molecule has 0 aliphatic rings. The Labute approximate surface area is 331 Å². The monoisotopic (exact) mass is 822 g/mol. The zero-order chi connectivity index (χ0) is 41.6. The molecule has 0 aliphatic carbocycles. The van der Waals surface area contributed by atoms with Gasteiger partial charge in [-0.15, -0.1) is 0 Å². The van der Waals surface area contributed by atoms with Gasteiger partial charge >= 0.3 is 17.2 Å². The quantitative estimate of drug-likeness (QED) is 0.0381. The predicted molar refractivity (Wildman–Crippen MR) is 217 cm³/mol. The minimum Gasteiger partial charge on any atom is -0.395 e. The van der Waals surface area contributed by atoms with Crippen molar-refractivity contribution in [2.45, 2.75) is 128 Å². The van der Waals surface area contributed by atoms with E-state index in [9.17, 15) is 40.9 Å². The average molecular weight is 823 g/mol. The van der Waals surface area contributed by atoms with Crippen LogP contribution < -0.4 is 0 Å². The lowest BCUT2D eigenvalue weighted by Gasteiger charge is -2.45. The lowest BCUT2D eigenvalue weighted by atomic mass is 9.67. The highest BCUT2D eigenvalue weighted by molar-refractivity contribution is 7.53. The molecule has 0 aliphatic heterocycles. The third kappa shape index (κ3) is 18.1. The van der Waals surface area contributed by atoms with E-state index in [1.54, 1.807) is 24.3 Å². The topological polar surface area (TPSA) is 252 Å². The van der Waals surface area contributed by atoms with E-state index < -0.39 is 78.9 Å². The molecule has 0 amide bonds. The lowest BCUT2D eigenvalue weighted by molar-refractivity contribution is -0.165. The molecule has 0 aromatic heterocycles. The van der Waals surface area contributed by atoms with Crippen molar-refractivity contribution in [3.8, 4) is 0 Å². The SMILES string of the molecule is CCCCCCCCCC(O)(c1ccccc1)C(CO)(CO)CO.CCCCCCCCCC(O)(c1ccccc1)C(CO)(CO)CO.OP(O)OP(O)O. The second-order valence-electron chi connectivity index (χ2n) is 14.3. The van der Waals surface area contributed by atoms with Crippen molar-refractivity contribution in [2.24, 2.45) is 10.8 Å². The Morgan fingerprint density at radius 1 is 0.418 bits per heavy atom. The van der Waals surface area contributed by atoms with E-state index in [2.05, 4.69) is 18.2 Å². The van der Waals surface area contributed by atoms with Crippen LogP contribution in [0.5, 0.6) is 0 Å². The molecule has 320 valence electrons. The number of benzene rings is 2. The van der Waals surface area contributed by atoms with Crippen LogP contribution in [0.15, 0.2) is 60.7 Å². The van der Waals surface area contributed by atoms with Crippen LogP contribution in [-0.4, -0.2) is 100 Å². The molecule has 15 heteroatoms. The summed E-state index contributed by atoms with van der Waals surface area (Å²) in [7, 11) is -5.22. The summed E-state index contributed by atoms with van der Waals surface area (Å²) >= 11 is 0. The van der Waals surface area contributed by atoms with Crippen LogP contribution in [0.3, 0.4) is 0 Å². The van der Waals surface area contributed by atoms with Gasteiger partial charge in [-0.3, -0.25) is 0 Å². The molecule has 0 fully saturated rings. The van der Waals surface area contributed by atoms with Crippen LogP contribution in [0.2, 0.25) is 0 Å². The van der Waals surface area contributed by atoms with Gasteiger partial charge in [-0.2, -0.15) is 0 Å². The second-order valence-corrected chi connectivity index (χ2v) is 16.0. The van der Waals surface area contributed by atoms with Gasteiger partial charge in [0.15, 0.2) is 0 Å². The number of unbranched alkanes of at least 4 members (excludes halogenated alkanes) is 12. The van der Waals surface area contributed by atoms with E-state index >= 15 is 0 Å². The highest BCUT2D eigenvalue weighted by Gasteiger charge is 2.51. The maximum atomic E-state index is 11.4. The largest absolute Gasteiger partial charge is 0.395 e. The fourth-order valence-electron chi connectivity index (χ4n) is 6.69. The van der Waals surface area contributed by atoms with Crippen LogP contribution in [0.4, 0.5) is 0 Å². The van der Waals surface area contributed by atoms with Crippen LogP contribution in [-0.2, 0) is 15.5 Å². The maximum absolute atomic E-state index is 11.4. The number of hydrogen-bond donors (Lipinski definition) is 12. The van der Waals surface area contributed by atoms with E-state index in [4.69, 9.17) is 19.6 Å². The molecule has 0 radical (unpaired) electrons. The summed E-state index contributed by atoms with van der Waals surface area (Å²) in [5.74, 6) is 0. The molecule has 55 heavy (non-hydrogen) atoms. The van der Waals surface area contributed by atoms with Gasteiger partial charge in [0.2, 0.25) is 0 Å². The van der Waals surface area contributed by atoms with Gasteiger partial charge in [-0.25, -0.2) is 4.31 Å². The summed E-state index contributed by atoms with van der Waals surface area (Å²) in [5, 5.41) is 81.5. The molecular formula is C40H72O13P2. The van der Waals surface area contributed by atoms with Gasteiger partial charge in [0.05, 0.1) is 50.5 Å². The fourth-order valence-corrected chi connectivity index (χ4v) is 7.21.